The van der Waals surface area contributed by atoms with Gasteiger partial charge in [-0.05, 0) is 6.92 Å². The number of carboxylic acids is 1. The highest BCUT2D eigenvalue weighted by molar-refractivity contribution is 5.68. The third kappa shape index (κ3) is 4.37. The van der Waals surface area contributed by atoms with E-state index in [1.54, 1.807) is 4.90 Å². The first-order chi connectivity index (χ1) is 8.54. The van der Waals surface area contributed by atoms with Gasteiger partial charge in [-0.25, -0.2) is 4.79 Å². The molecule has 1 N–H and O–H groups in total. The van der Waals surface area contributed by atoms with E-state index in [0.717, 1.165) is 0 Å². The molecule has 0 bridgehead atoms. The first-order valence-corrected chi connectivity index (χ1v) is 6.03. The molecule has 1 fully saturated rings. The molecule has 18 heavy (non-hydrogen) atoms. The van der Waals surface area contributed by atoms with Crippen LogP contribution in [0.1, 0.15) is 13.3 Å². The van der Waals surface area contributed by atoms with Gasteiger partial charge in [-0.15, -0.1) is 0 Å². The fourth-order valence-electron chi connectivity index (χ4n) is 1.95. The topological polar surface area (TPSA) is 70.1 Å². The van der Waals surface area contributed by atoms with E-state index in [4.69, 9.17) is 9.84 Å². The van der Waals surface area contributed by atoms with Crippen LogP contribution in [0.25, 0.3) is 0 Å². The SMILES string of the molecule is C=CCOC(=O)N1CCN(CCC(=O)O)C(C)C1. The summed E-state index contributed by atoms with van der Waals surface area (Å²) in [5.41, 5.74) is 0. The Morgan fingerprint density at radius 3 is 2.78 bits per heavy atom. The van der Waals surface area contributed by atoms with E-state index in [2.05, 4.69) is 11.5 Å². The van der Waals surface area contributed by atoms with Crippen molar-refractivity contribution in [3.8, 4) is 0 Å². The minimum absolute atomic E-state index is 0.130. The van der Waals surface area contributed by atoms with Crippen LogP contribution in [-0.4, -0.2) is 65.8 Å². The summed E-state index contributed by atoms with van der Waals surface area (Å²) in [5, 5.41) is 8.65. The summed E-state index contributed by atoms with van der Waals surface area (Å²) in [6.07, 6.45) is 1.33. The number of ether oxygens (including phenoxy) is 1. The summed E-state index contributed by atoms with van der Waals surface area (Å²) in [7, 11) is 0. The second-order valence-corrected chi connectivity index (χ2v) is 4.34. The van der Waals surface area contributed by atoms with Crippen LogP contribution in [0.15, 0.2) is 12.7 Å². The zero-order valence-corrected chi connectivity index (χ0v) is 10.7. The van der Waals surface area contributed by atoms with Gasteiger partial charge in [0.15, 0.2) is 0 Å². The van der Waals surface area contributed by atoms with E-state index < -0.39 is 5.97 Å². The van der Waals surface area contributed by atoms with Crippen molar-refractivity contribution in [2.24, 2.45) is 0 Å². The summed E-state index contributed by atoms with van der Waals surface area (Å²) in [6, 6.07) is 0.148. The van der Waals surface area contributed by atoms with Gasteiger partial charge in [0.2, 0.25) is 0 Å². The Bertz CT molecular complexity index is 319. The number of carbonyl (C=O) groups is 2. The largest absolute Gasteiger partial charge is 0.481 e. The van der Waals surface area contributed by atoms with Gasteiger partial charge in [0.1, 0.15) is 6.61 Å². The average Bonchev–Trinajstić information content (AvgIpc) is 2.34. The van der Waals surface area contributed by atoms with Crippen molar-refractivity contribution in [1.29, 1.82) is 0 Å². The maximum atomic E-state index is 11.6. The lowest BCUT2D eigenvalue weighted by atomic mass is 10.2. The Morgan fingerprint density at radius 1 is 1.50 bits per heavy atom. The summed E-state index contributed by atoms with van der Waals surface area (Å²) in [6.45, 7) is 8.01. The number of nitrogens with zero attached hydrogens (tertiary/aromatic N) is 2. The second-order valence-electron chi connectivity index (χ2n) is 4.34. The van der Waals surface area contributed by atoms with Crippen LogP contribution in [0, 0.1) is 0 Å². The summed E-state index contributed by atoms with van der Waals surface area (Å²) < 4.78 is 4.97. The number of carboxylic acid groups (broad SMARTS) is 1. The highest BCUT2D eigenvalue weighted by atomic mass is 16.6. The molecule has 0 aliphatic carbocycles. The molecule has 0 saturated carbocycles. The molecule has 6 nitrogen and oxygen atoms in total. The van der Waals surface area contributed by atoms with Gasteiger partial charge in [0.25, 0.3) is 0 Å². The molecule has 0 aromatic heterocycles. The number of amides is 1. The molecule has 0 spiro atoms. The molecule has 0 aromatic carbocycles. The van der Waals surface area contributed by atoms with Crippen molar-refractivity contribution < 1.29 is 19.4 Å². The highest BCUT2D eigenvalue weighted by Crippen LogP contribution is 2.11. The molecule has 1 saturated heterocycles. The smallest absolute Gasteiger partial charge is 0.410 e. The molecule has 1 aliphatic heterocycles. The molecule has 1 atom stereocenters. The van der Waals surface area contributed by atoms with E-state index in [-0.39, 0.29) is 25.2 Å². The van der Waals surface area contributed by atoms with Gasteiger partial charge in [-0.3, -0.25) is 9.69 Å². The monoisotopic (exact) mass is 256 g/mol. The number of hydrogen-bond donors (Lipinski definition) is 1. The standard InChI is InChI=1S/C12H20N2O4/c1-3-8-18-12(17)14-7-6-13(10(2)9-14)5-4-11(15)16/h3,10H,1,4-9H2,2H3,(H,15,16). The number of carbonyl (C=O) groups excluding carboxylic acids is 1. The van der Waals surface area contributed by atoms with Gasteiger partial charge in [-0.2, -0.15) is 0 Å². The molecule has 1 amide bonds. The fourth-order valence-corrected chi connectivity index (χ4v) is 1.95. The van der Waals surface area contributed by atoms with Crippen LogP contribution >= 0.6 is 0 Å². The fraction of sp³-hybridized carbons (Fsp3) is 0.667. The van der Waals surface area contributed by atoms with Crippen LogP contribution in [0.5, 0.6) is 0 Å². The molecule has 6 heteroatoms. The first kappa shape index (κ1) is 14.5. The molecule has 1 heterocycles. The minimum Gasteiger partial charge on any atom is -0.481 e. The van der Waals surface area contributed by atoms with Gasteiger partial charge in [0.05, 0.1) is 6.42 Å². The lowest BCUT2D eigenvalue weighted by Crippen LogP contribution is -2.54. The van der Waals surface area contributed by atoms with Crippen LogP contribution in [-0.2, 0) is 9.53 Å². The maximum absolute atomic E-state index is 11.6. The van der Waals surface area contributed by atoms with Crippen LogP contribution in [0.2, 0.25) is 0 Å². The van der Waals surface area contributed by atoms with E-state index in [9.17, 15) is 9.59 Å². The van der Waals surface area contributed by atoms with E-state index in [0.29, 0.717) is 26.2 Å². The molecular weight excluding hydrogens is 236 g/mol. The van der Waals surface area contributed by atoms with Crippen LogP contribution < -0.4 is 0 Å². The minimum atomic E-state index is -0.796. The van der Waals surface area contributed by atoms with E-state index in [1.807, 2.05) is 6.92 Å². The molecular formula is C12H20N2O4. The highest BCUT2D eigenvalue weighted by Gasteiger charge is 2.27. The van der Waals surface area contributed by atoms with Crippen LogP contribution in [0.3, 0.4) is 0 Å². The Labute approximate surface area is 107 Å². The Hall–Kier alpha value is -1.56. The van der Waals surface area contributed by atoms with Gasteiger partial charge in [0, 0.05) is 32.2 Å². The summed E-state index contributed by atoms with van der Waals surface area (Å²) in [4.78, 5) is 25.9. The molecule has 1 rings (SSSR count). The van der Waals surface area contributed by atoms with Crippen molar-refractivity contribution in [3.63, 3.8) is 0 Å². The number of aliphatic carboxylic acids is 1. The zero-order chi connectivity index (χ0) is 13.5. The predicted octanol–water partition coefficient (Wildman–Crippen LogP) is 0.790. The lowest BCUT2D eigenvalue weighted by molar-refractivity contribution is -0.137. The van der Waals surface area contributed by atoms with E-state index in [1.165, 1.54) is 6.08 Å². The quantitative estimate of drug-likeness (QED) is 0.736. The zero-order valence-electron chi connectivity index (χ0n) is 10.7. The number of rotatable bonds is 5. The molecule has 1 unspecified atom stereocenters. The van der Waals surface area contributed by atoms with Gasteiger partial charge in [-0.1, -0.05) is 12.7 Å². The Morgan fingerprint density at radius 2 is 2.22 bits per heavy atom. The van der Waals surface area contributed by atoms with Crippen molar-refractivity contribution in [2.75, 3.05) is 32.8 Å². The molecule has 1 aliphatic rings. The van der Waals surface area contributed by atoms with E-state index >= 15 is 0 Å². The maximum Gasteiger partial charge on any atom is 0.410 e. The Kier molecular flexibility index (Phi) is 5.64. The molecule has 102 valence electrons. The Balaban J connectivity index is 2.37. The lowest BCUT2D eigenvalue weighted by Gasteiger charge is -2.38. The van der Waals surface area contributed by atoms with Gasteiger partial charge < -0.3 is 14.7 Å². The van der Waals surface area contributed by atoms with Crippen molar-refractivity contribution in [2.45, 2.75) is 19.4 Å². The average molecular weight is 256 g/mol. The summed E-state index contributed by atoms with van der Waals surface area (Å²) >= 11 is 0. The third-order valence-electron chi connectivity index (χ3n) is 2.96. The normalized spacial score (nSPS) is 20.5. The van der Waals surface area contributed by atoms with Crippen LogP contribution in [0.4, 0.5) is 4.79 Å². The van der Waals surface area contributed by atoms with Crippen molar-refractivity contribution in [1.82, 2.24) is 9.80 Å². The summed E-state index contributed by atoms with van der Waals surface area (Å²) in [5.74, 6) is -0.796. The number of hydrogen-bond acceptors (Lipinski definition) is 4. The first-order valence-electron chi connectivity index (χ1n) is 6.03. The predicted molar refractivity (Wildman–Crippen MR) is 66.4 cm³/mol. The second kappa shape index (κ2) is 7.00. The van der Waals surface area contributed by atoms with Crippen molar-refractivity contribution in [3.05, 3.63) is 12.7 Å². The van der Waals surface area contributed by atoms with Gasteiger partial charge >= 0.3 is 12.1 Å². The number of piperazine rings is 1. The molecule has 0 radical (unpaired) electrons. The third-order valence-corrected chi connectivity index (χ3v) is 2.96. The molecule has 0 aromatic rings. The van der Waals surface area contributed by atoms with Crippen molar-refractivity contribution >= 4 is 12.1 Å².